The Balaban J connectivity index is 1.85. The second-order valence-electron chi connectivity index (χ2n) is 5.45. The summed E-state index contributed by atoms with van der Waals surface area (Å²) in [7, 11) is -3.44. The molecule has 3 aromatic heterocycles. The summed E-state index contributed by atoms with van der Waals surface area (Å²) in [5.41, 5.74) is 3.04. The minimum atomic E-state index is -3.44. The molecule has 112 valence electrons. The van der Waals surface area contributed by atoms with E-state index in [-0.39, 0.29) is 5.16 Å². The summed E-state index contributed by atoms with van der Waals surface area (Å²) in [5.74, 6) is 0.539. The molecule has 0 radical (unpaired) electrons. The highest BCUT2D eigenvalue weighted by molar-refractivity contribution is 7.90. The third-order valence-electron chi connectivity index (χ3n) is 3.64. The van der Waals surface area contributed by atoms with Crippen LogP contribution < -0.4 is 0 Å². The monoisotopic (exact) mass is 315 g/mol. The van der Waals surface area contributed by atoms with Crippen LogP contribution in [0.3, 0.4) is 0 Å². The Kier molecular flexibility index (Phi) is 2.77. The van der Waals surface area contributed by atoms with Crippen LogP contribution in [0.4, 0.5) is 0 Å². The lowest BCUT2D eigenvalue weighted by Crippen LogP contribution is -2.05. The van der Waals surface area contributed by atoms with Crippen LogP contribution in [0.15, 0.2) is 35.9 Å². The molecule has 0 N–H and O–H groups in total. The van der Waals surface area contributed by atoms with Gasteiger partial charge in [0.05, 0.1) is 17.6 Å². The van der Waals surface area contributed by atoms with Crippen LogP contribution >= 0.6 is 0 Å². The van der Waals surface area contributed by atoms with E-state index in [9.17, 15) is 8.42 Å². The van der Waals surface area contributed by atoms with E-state index in [4.69, 9.17) is 0 Å². The minimum absolute atomic E-state index is 0.192. The minimum Gasteiger partial charge on any atom is -0.227 e. The molecule has 1 saturated carbocycles. The SMILES string of the molecule is CS(=O)(=O)c1nccc(-c2ccn3ncc(C4CC4)c3n2)n1. The maximum atomic E-state index is 11.6. The number of aromatic nitrogens is 5. The van der Waals surface area contributed by atoms with Crippen LogP contribution in [0.25, 0.3) is 17.0 Å². The topological polar surface area (TPSA) is 90.1 Å². The van der Waals surface area contributed by atoms with Gasteiger partial charge in [0, 0.05) is 24.2 Å². The molecule has 0 amide bonds. The molecule has 0 atom stereocenters. The molecule has 3 aromatic rings. The molecular formula is C14H13N5O2S. The van der Waals surface area contributed by atoms with Crippen LogP contribution in [0, 0.1) is 0 Å². The molecule has 8 heteroatoms. The summed E-state index contributed by atoms with van der Waals surface area (Å²) in [4.78, 5) is 12.5. The van der Waals surface area contributed by atoms with E-state index in [1.807, 2.05) is 12.4 Å². The molecule has 0 bridgehead atoms. The Morgan fingerprint density at radius 3 is 2.68 bits per heavy atom. The van der Waals surface area contributed by atoms with Gasteiger partial charge in [0.25, 0.3) is 0 Å². The Hall–Kier alpha value is -2.35. The zero-order valence-corrected chi connectivity index (χ0v) is 12.7. The van der Waals surface area contributed by atoms with Gasteiger partial charge in [0.1, 0.15) is 0 Å². The van der Waals surface area contributed by atoms with Crippen molar-refractivity contribution in [2.45, 2.75) is 23.9 Å². The molecule has 7 nitrogen and oxygen atoms in total. The first-order valence-corrected chi connectivity index (χ1v) is 8.79. The van der Waals surface area contributed by atoms with Gasteiger partial charge in [-0.3, -0.25) is 0 Å². The molecular weight excluding hydrogens is 302 g/mol. The molecule has 3 heterocycles. The maximum absolute atomic E-state index is 11.6. The first-order valence-electron chi connectivity index (χ1n) is 6.90. The van der Waals surface area contributed by atoms with Crippen molar-refractivity contribution in [1.29, 1.82) is 0 Å². The molecule has 0 saturated heterocycles. The summed E-state index contributed by atoms with van der Waals surface area (Å²) in [6.45, 7) is 0. The van der Waals surface area contributed by atoms with Gasteiger partial charge in [0.15, 0.2) is 5.65 Å². The van der Waals surface area contributed by atoms with Crippen molar-refractivity contribution in [2.24, 2.45) is 0 Å². The van der Waals surface area contributed by atoms with Crippen LogP contribution in [0.2, 0.25) is 0 Å². The second kappa shape index (κ2) is 4.57. The Bertz CT molecular complexity index is 976. The summed E-state index contributed by atoms with van der Waals surface area (Å²) in [6.07, 6.45) is 8.52. The van der Waals surface area contributed by atoms with Crippen LogP contribution in [-0.4, -0.2) is 39.2 Å². The van der Waals surface area contributed by atoms with Crippen LogP contribution in [-0.2, 0) is 9.84 Å². The molecule has 0 unspecified atom stereocenters. The lowest BCUT2D eigenvalue weighted by Gasteiger charge is -2.03. The average molecular weight is 315 g/mol. The summed E-state index contributed by atoms with van der Waals surface area (Å²) >= 11 is 0. The van der Waals surface area contributed by atoms with E-state index < -0.39 is 9.84 Å². The van der Waals surface area contributed by atoms with Crippen molar-refractivity contribution >= 4 is 15.5 Å². The first-order chi connectivity index (χ1) is 10.5. The van der Waals surface area contributed by atoms with Crippen LogP contribution in [0.5, 0.6) is 0 Å². The number of sulfone groups is 1. The quantitative estimate of drug-likeness (QED) is 0.680. The van der Waals surface area contributed by atoms with E-state index in [1.165, 1.54) is 19.0 Å². The van der Waals surface area contributed by atoms with Crippen molar-refractivity contribution in [3.8, 4) is 11.4 Å². The highest BCUT2D eigenvalue weighted by Gasteiger charge is 2.27. The zero-order chi connectivity index (χ0) is 15.3. The third-order valence-corrected chi connectivity index (χ3v) is 4.50. The van der Waals surface area contributed by atoms with Crippen LogP contribution in [0.1, 0.15) is 24.3 Å². The van der Waals surface area contributed by atoms with Gasteiger partial charge in [0.2, 0.25) is 15.0 Å². The van der Waals surface area contributed by atoms with Gasteiger partial charge >= 0.3 is 0 Å². The van der Waals surface area contributed by atoms with Gasteiger partial charge in [-0.1, -0.05) is 0 Å². The van der Waals surface area contributed by atoms with E-state index in [0.717, 1.165) is 17.5 Å². The van der Waals surface area contributed by atoms with Gasteiger partial charge in [-0.25, -0.2) is 27.9 Å². The van der Waals surface area contributed by atoms with Crippen molar-refractivity contribution in [2.75, 3.05) is 6.26 Å². The predicted molar refractivity (Wildman–Crippen MR) is 79.1 cm³/mol. The predicted octanol–water partition coefficient (Wildman–Crippen LogP) is 1.47. The number of hydrogen-bond acceptors (Lipinski definition) is 6. The van der Waals surface area contributed by atoms with Crippen molar-refractivity contribution in [3.05, 3.63) is 36.3 Å². The van der Waals surface area contributed by atoms with Crippen molar-refractivity contribution in [3.63, 3.8) is 0 Å². The Morgan fingerprint density at radius 1 is 1.18 bits per heavy atom. The summed E-state index contributed by atoms with van der Waals surface area (Å²) in [6, 6.07) is 3.42. The van der Waals surface area contributed by atoms with E-state index in [1.54, 1.807) is 16.6 Å². The highest BCUT2D eigenvalue weighted by Crippen LogP contribution is 2.41. The summed E-state index contributed by atoms with van der Waals surface area (Å²) in [5, 5.41) is 4.10. The fourth-order valence-electron chi connectivity index (χ4n) is 2.37. The van der Waals surface area contributed by atoms with E-state index in [0.29, 0.717) is 17.3 Å². The van der Waals surface area contributed by atoms with Crippen molar-refractivity contribution in [1.82, 2.24) is 24.6 Å². The molecule has 1 aliphatic rings. The molecule has 1 aliphatic carbocycles. The van der Waals surface area contributed by atoms with E-state index >= 15 is 0 Å². The van der Waals surface area contributed by atoms with Gasteiger partial charge in [-0.2, -0.15) is 5.10 Å². The van der Waals surface area contributed by atoms with E-state index in [2.05, 4.69) is 20.1 Å². The molecule has 22 heavy (non-hydrogen) atoms. The van der Waals surface area contributed by atoms with Gasteiger partial charge in [-0.15, -0.1) is 0 Å². The smallest absolute Gasteiger partial charge is 0.227 e. The maximum Gasteiger partial charge on any atom is 0.247 e. The normalized spacial score (nSPS) is 15.3. The average Bonchev–Trinajstić information content (AvgIpc) is 3.26. The van der Waals surface area contributed by atoms with Gasteiger partial charge < -0.3 is 0 Å². The summed E-state index contributed by atoms with van der Waals surface area (Å²) < 4.78 is 24.9. The highest BCUT2D eigenvalue weighted by atomic mass is 32.2. The number of hydrogen-bond donors (Lipinski definition) is 0. The molecule has 1 fully saturated rings. The molecule has 4 rings (SSSR count). The molecule has 0 aliphatic heterocycles. The lowest BCUT2D eigenvalue weighted by molar-refractivity contribution is 0.593. The molecule has 0 spiro atoms. The van der Waals surface area contributed by atoms with Crippen molar-refractivity contribution < 1.29 is 8.42 Å². The second-order valence-corrected chi connectivity index (χ2v) is 7.36. The standard InChI is InChI=1S/C14H13N5O2S/c1-22(20,21)14-15-6-4-11(18-14)12-5-7-19-13(17-12)10(8-16-19)9-2-3-9/h4-9H,2-3H2,1H3. The fraction of sp³-hybridized carbons (Fsp3) is 0.286. The number of rotatable bonds is 3. The molecule has 0 aromatic carbocycles. The fourth-order valence-corrected chi connectivity index (χ4v) is 2.89. The Labute approximate surface area is 127 Å². The number of nitrogens with zero attached hydrogens (tertiary/aromatic N) is 5. The number of fused-ring (bicyclic) bond motifs is 1. The third kappa shape index (κ3) is 2.25. The Morgan fingerprint density at radius 2 is 1.95 bits per heavy atom. The first kappa shape index (κ1) is 13.3. The largest absolute Gasteiger partial charge is 0.247 e. The zero-order valence-electron chi connectivity index (χ0n) is 11.8. The van der Waals surface area contributed by atoms with Gasteiger partial charge in [-0.05, 0) is 30.9 Å². The lowest BCUT2D eigenvalue weighted by atomic mass is 10.2.